The van der Waals surface area contributed by atoms with Gasteiger partial charge in [-0.25, -0.2) is 4.68 Å². The van der Waals surface area contributed by atoms with Crippen LogP contribution < -0.4 is 5.32 Å². The highest BCUT2D eigenvalue weighted by Gasteiger charge is 2.51. The topological polar surface area (TPSA) is 202 Å². The summed E-state index contributed by atoms with van der Waals surface area (Å²) in [6, 6.07) is 0.248. The average Bonchev–Trinajstić information content (AvgIpc) is 3.24. The number of anilines is 1. The highest BCUT2D eigenvalue weighted by molar-refractivity contribution is 7.53. The molecular weight excluding hydrogens is 545 g/mol. The van der Waals surface area contributed by atoms with Crippen molar-refractivity contribution < 1.29 is 43.9 Å². The summed E-state index contributed by atoms with van der Waals surface area (Å²) in [5.74, 6) is 0.834. The number of nitrogens with zero attached hydrogens (tertiary/aromatic N) is 4. The fraction of sp³-hybridized carbons (Fsp3) is 0.773. The Labute approximate surface area is 223 Å². The lowest BCUT2D eigenvalue weighted by Gasteiger charge is -2.33. The molecule has 2 aromatic rings. The SMILES string of the molecule is O=P(O)(O)C(CO)(COCC1CC1)OCC1O[C@@H](n2ncc3c(NC4CCCC4)nc(Cl)nc32)[C@H](O)[C@@H]1O. The van der Waals surface area contributed by atoms with Gasteiger partial charge >= 0.3 is 7.60 Å². The van der Waals surface area contributed by atoms with E-state index in [1.54, 1.807) is 0 Å². The molecule has 2 saturated carbocycles. The minimum atomic E-state index is -5.01. The van der Waals surface area contributed by atoms with Crippen molar-refractivity contribution in [2.75, 3.05) is 31.7 Å². The van der Waals surface area contributed by atoms with Crippen LogP contribution in [0.4, 0.5) is 5.82 Å². The standard InChI is InChI=1S/C22H33ClN5O9P/c23-21-26-18(25-13-3-1-2-4-13)14-7-24-28(19(14)27-21)20-17(31)16(30)15(37-20)9-36-22(10-29,38(32,33)34)11-35-8-12-5-6-12/h7,12-13,15-17,20,29-31H,1-6,8-11H2,(H,25,26,27)(H2,32,33,34)/t15?,16-,17-,20-,22?/m1/s1. The van der Waals surface area contributed by atoms with Crippen molar-refractivity contribution in [3.63, 3.8) is 0 Å². The Morgan fingerprint density at radius 2 is 1.89 bits per heavy atom. The molecule has 1 aliphatic heterocycles. The van der Waals surface area contributed by atoms with E-state index in [2.05, 4.69) is 20.4 Å². The third-order valence-corrected chi connectivity index (χ3v) is 9.00. The Morgan fingerprint density at radius 3 is 2.55 bits per heavy atom. The number of halogens is 1. The zero-order valence-electron chi connectivity index (χ0n) is 20.6. The molecular formula is C22H33ClN5O9P. The number of aromatic nitrogens is 4. The molecule has 0 radical (unpaired) electrons. The van der Waals surface area contributed by atoms with Crippen molar-refractivity contribution in [1.82, 2.24) is 19.7 Å². The summed E-state index contributed by atoms with van der Waals surface area (Å²) >= 11 is 6.18. The molecule has 0 aromatic carbocycles. The first kappa shape index (κ1) is 28.1. The Balaban J connectivity index is 1.32. The maximum absolute atomic E-state index is 12.2. The molecule has 0 amide bonds. The van der Waals surface area contributed by atoms with Crippen molar-refractivity contribution in [2.24, 2.45) is 5.92 Å². The number of aliphatic hydroxyl groups is 3. The predicted molar refractivity (Wildman–Crippen MR) is 133 cm³/mol. The van der Waals surface area contributed by atoms with Gasteiger partial charge in [0.1, 0.15) is 24.1 Å². The fourth-order valence-corrected chi connectivity index (χ4v) is 5.68. The third-order valence-electron chi connectivity index (χ3n) is 7.37. The minimum absolute atomic E-state index is 0.0340. The molecule has 3 fully saturated rings. The summed E-state index contributed by atoms with van der Waals surface area (Å²) in [6.07, 6.45) is 2.33. The van der Waals surface area contributed by atoms with Crippen LogP contribution >= 0.6 is 19.2 Å². The molecule has 3 heterocycles. The molecule has 3 aliphatic rings. The molecule has 6 N–H and O–H groups in total. The Kier molecular flexibility index (Phi) is 8.28. The van der Waals surface area contributed by atoms with E-state index in [9.17, 15) is 29.7 Å². The monoisotopic (exact) mass is 577 g/mol. The molecule has 5 rings (SSSR count). The quantitative estimate of drug-likeness (QED) is 0.153. The van der Waals surface area contributed by atoms with Gasteiger partial charge in [-0.3, -0.25) is 4.57 Å². The van der Waals surface area contributed by atoms with Gasteiger partial charge in [-0.05, 0) is 43.2 Å². The molecule has 0 bridgehead atoms. The number of ether oxygens (including phenoxy) is 3. The maximum Gasteiger partial charge on any atom is 0.361 e. The number of hydrogen-bond donors (Lipinski definition) is 6. The summed E-state index contributed by atoms with van der Waals surface area (Å²) in [5.41, 5.74) is 0.275. The van der Waals surface area contributed by atoms with Crippen LogP contribution in [0, 0.1) is 5.92 Å². The molecule has 0 spiro atoms. The molecule has 14 nitrogen and oxygen atoms in total. The van der Waals surface area contributed by atoms with Crippen molar-refractivity contribution in [3.8, 4) is 0 Å². The van der Waals surface area contributed by atoms with Gasteiger partial charge in [-0.2, -0.15) is 15.1 Å². The van der Waals surface area contributed by atoms with Crippen molar-refractivity contribution in [3.05, 3.63) is 11.5 Å². The Morgan fingerprint density at radius 1 is 1.16 bits per heavy atom. The van der Waals surface area contributed by atoms with Crippen LogP contribution in [0.1, 0.15) is 44.8 Å². The van der Waals surface area contributed by atoms with Gasteiger partial charge in [0.15, 0.2) is 11.9 Å². The first-order valence-corrected chi connectivity index (χ1v) is 14.7. The smallest absolute Gasteiger partial charge is 0.361 e. The minimum Gasteiger partial charge on any atom is -0.393 e. The third kappa shape index (κ3) is 5.71. The van der Waals surface area contributed by atoms with Crippen LogP contribution in [0.25, 0.3) is 11.0 Å². The normalized spacial score (nSPS) is 28.3. The van der Waals surface area contributed by atoms with Crippen LogP contribution in [-0.2, 0) is 18.8 Å². The highest BCUT2D eigenvalue weighted by Crippen LogP contribution is 2.52. The number of rotatable bonds is 12. The van der Waals surface area contributed by atoms with E-state index in [0.29, 0.717) is 23.7 Å². The van der Waals surface area contributed by atoms with E-state index in [-0.39, 0.29) is 17.0 Å². The lowest BCUT2D eigenvalue weighted by atomic mass is 10.1. The van der Waals surface area contributed by atoms with E-state index in [1.807, 2.05) is 0 Å². The van der Waals surface area contributed by atoms with E-state index in [4.69, 9.17) is 25.8 Å². The Bertz CT molecular complexity index is 1170. The maximum atomic E-state index is 12.2. The van der Waals surface area contributed by atoms with Crippen LogP contribution in [0.5, 0.6) is 0 Å². The number of hydrogen-bond acceptors (Lipinski definition) is 11. The van der Waals surface area contributed by atoms with E-state index < -0.39 is 57.3 Å². The van der Waals surface area contributed by atoms with Gasteiger partial charge in [0.25, 0.3) is 0 Å². The molecule has 16 heteroatoms. The van der Waals surface area contributed by atoms with E-state index in [1.165, 1.54) is 10.9 Å². The summed E-state index contributed by atoms with van der Waals surface area (Å²) in [7, 11) is -5.01. The molecule has 38 heavy (non-hydrogen) atoms. The number of aliphatic hydroxyl groups excluding tert-OH is 3. The fourth-order valence-electron chi connectivity index (χ4n) is 4.83. The molecule has 1 saturated heterocycles. The van der Waals surface area contributed by atoms with Crippen LogP contribution in [0.3, 0.4) is 0 Å². The zero-order chi connectivity index (χ0) is 27.1. The van der Waals surface area contributed by atoms with Crippen LogP contribution in [0.2, 0.25) is 5.28 Å². The van der Waals surface area contributed by atoms with Gasteiger partial charge in [-0.1, -0.05) is 12.8 Å². The highest BCUT2D eigenvalue weighted by atomic mass is 35.5. The second-order valence-corrected chi connectivity index (χ2v) is 12.5. The second kappa shape index (κ2) is 11.2. The first-order valence-electron chi connectivity index (χ1n) is 12.7. The lowest BCUT2D eigenvalue weighted by molar-refractivity contribution is -0.130. The molecule has 5 atom stereocenters. The first-order chi connectivity index (χ1) is 18.1. The lowest BCUT2D eigenvalue weighted by Crippen LogP contribution is -2.45. The summed E-state index contributed by atoms with van der Waals surface area (Å²) < 4.78 is 30.3. The van der Waals surface area contributed by atoms with E-state index >= 15 is 0 Å². The summed E-state index contributed by atoms with van der Waals surface area (Å²) in [5, 5.41) is 37.2. The van der Waals surface area contributed by atoms with Gasteiger partial charge in [0.05, 0.1) is 31.4 Å². The predicted octanol–water partition coefficient (Wildman–Crippen LogP) is 0.763. The van der Waals surface area contributed by atoms with Crippen LogP contribution in [-0.4, -0.2) is 101 Å². The van der Waals surface area contributed by atoms with Crippen molar-refractivity contribution >= 4 is 36.0 Å². The Hall–Kier alpha value is -1.45. The average molecular weight is 578 g/mol. The largest absolute Gasteiger partial charge is 0.393 e. The van der Waals surface area contributed by atoms with Crippen molar-refractivity contribution in [1.29, 1.82) is 0 Å². The molecule has 212 valence electrons. The second-order valence-electron chi connectivity index (χ2n) is 10.3. The van der Waals surface area contributed by atoms with Crippen molar-refractivity contribution in [2.45, 2.75) is 74.4 Å². The van der Waals surface area contributed by atoms with Crippen LogP contribution in [0.15, 0.2) is 6.20 Å². The van der Waals surface area contributed by atoms with Gasteiger partial charge < -0.3 is 44.6 Å². The molecule has 2 unspecified atom stereocenters. The summed E-state index contributed by atoms with van der Waals surface area (Å²) in [4.78, 5) is 28.4. The number of nitrogens with one attached hydrogen (secondary N) is 1. The number of fused-ring (bicyclic) bond motifs is 1. The van der Waals surface area contributed by atoms with Gasteiger partial charge in [0, 0.05) is 12.6 Å². The summed E-state index contributed by atoms with van der Waals surface area (Å²) in [6.45, 7) is -1.82. The van der Waals surface area contributed by atoms with E-state index in [0.717, 1.165) is 38.5 Å². The molecule has 2 aliphatic carbocycles. The molecule has 2 aromatic heterocycles. The van der Waals surface area contributed by atoms with Gasteiger partial charge in [0.2, 0.25) is 10.6 Å². The zero-order valence-corrected chi connectivity index (χ0v) is 22.2. The van der Waals surface area contributed by atoms with Gasteiger partial charge in [-0.15, -0.1) is 0 Å².